The van der Waals surface area contributed by atoms with Crippen molar-refractivity contribution in [1.29, 1.82) is 0 Å². The average Bonchev–Trinajstić information content (AvgIpc) is 3.19. The van der Waals surface area contributed by atoms with Gasteiger partial charge in [0.1, 0.15) is 16.4 Å². The van der Waals surface area contributed by atoms with Crippen LogP contribution in [0.1, 0.15) is 9.67 Å². The zero-order valence-corrected chi connectivity index (χ0v) is 16.7. The lowest BCUT2D eigenvalue weighted by atomic mass is 10.1. The average molecular weight is 428 g/mol. The quantitative estimate of drug-likeness (QED) is 0.646. The number of hydrogen-bond acceptors (Lipinski definition) is 6. The second-order valence-corrected chi connectivity index (χ2v) is 7.65. The van der Waals surface area contributed by atoms with Crippen LogP contribution < -0.4 is 15.0 Å². The van der Waals surface area contributed by atoms with Crippen molar-refractivity contribution in [2.75, 3.05) is 25.1 Å². The molecule has 0 fully saturated rings. The van der Waals surface area contributed by atoms with E-state index >= 15 is 0 Å². The van der Waals surface area contributed by atoms with E-state index in [0.29, 0.717) is 16.8 Å². The molecule has 30 heavy (non-hydrogen) atoms. The summed E-state index contributed by atoms with van der Waals surface area (Å²) in [6, 6.07) is 12.6. The van der Waals surface area contributed by atoms with Crippen LogP contribution in [-0.4, -0.2) is 44.1 Å². The molecule has 2 heterocycles. The Morgan fingerprint density at radius 2 is 2.03 bits per heavy atom. The SMILES string of the molecule is CNC(=O)C1CN(C(=O)COC(=O)c2cc3cc(F)ccc3s2)c2ccccc2O1. The van der Waals surface area contributed by atoms with Gasteiger partial charge >= 0.3 is 5.97 Å². The van der Waals surface area contributed by atoms with Crippen molar-refractivity contribution in [2.24, 2.45) is 0 Å². The van der Waals surface area contributed by atoms with Crippen molar-refractivity contribution in [3.63, 3.8) is 0 Å². The number of hydrogen-bond donors (Lipinski definition) is 1. The van der Waals surface area contributed by atoms with Crippen molar-refractivity contribution >= 4 is 44.9 Å². The summed E-state index contributed by atoms with van der Waals surface area (Å²) >= 11 is 1.16. The number of amides is 2. The Balaban J connectivity index is 1.48. The number of benzene rings is 2. The number of rotatable bonds is 4. The summed E-state index contributed by atoms with van der Waals surface area (Å²) in [7, 11) is 1.48. The van der Waals surface area contributed by atoms with Gasteiger partial charge in [0.15, 0.2) is 12.7 Å². The summed E-state index contributed by atoms with van der Waals surface area (Å²) in [4.78, 5) is 38.8. The summed E-state index contributed by atoms with van der Waals surface area (Å²) in [6.07, 6.45) is -0.873. The van der Waals surface area contributed by atoms with Gasteiger partial charge in [-0.25, -0.2) is 9.18 Å². The van der Waals surface area contributed by atoms with Gasteiger partial charge in [0.05, 0.1) is 12.2 Å². The van der Waals surface area contributed by atoms with Gasteiger partial charge in [-0.05, 0) is 41.8 Å². The lowest BCUT2D eigenvalue weighted by molar-refractivity contribution is -0.128. The van der Waals surface area contributed by atoms with Gasteiger partial charge in [-0.15, -0.1) is 11.3 Å². The highest BCUT2D eigenvalue weighted by Crippen LogP contribution is 2.33. The van der Waals surface area contributed by atoms with E-state index in [1.54, 1.807) is 30.3 Å². The highest BCUT2D eigenvalue weighted by atomic mass is 32.1. The van der Waals surface area contributed by atoms with E-state index in [0.717, 1.165) is 16.0 Å². The Kier molecular flexibility index (Phi) is 5.37. The minimum Gasteiger partial charge on any atom is -0.477 e. The third kappa shape index (κ3) is 3.84. The molecule has 0 saturated carbocycles. The molecule has 9 heteroatoms. The van der Waals surface area contributed by atoms with E-state index in [4.69, 9.17) is 9.47 Å². The molecule has 0 aliphatic carbocycles. The third-order valence-electron chi connectivity index (χ3n) is 4.62. The van der Waals surface area contributed by atoms with E-state index in [1.165, 1.54) is 30.1 Å². The van der Waals surface area contributed by atoms with Crippen LogP contribution >= 0.6 is 11.3 Å². The van der Waals surface area contributed by atoms with Crippen LogP contribution in [0.15, 0.2) is 48.5 Å². The van der Waals surface area contributed by atoms with Gasteiger partial charge < -0.3 is 19.7 Å². The molecule has 1 atom stereocenters. The number of para-hydroxylation sites is 2. The largest absolute Gasteiger partial charge is 0.477 e. The van der Waals surface area contributed by atoms with E-state index in [9.17, 15) is 18.8 Å². The molecule has 1 aliphatic rings. The first-order chi connectivity index (χ1) is 14.5. The molecular weight excluding hydrogens is 411 g/mol. The highest BCUT2D eigenvalue weighted by Gasteiger charge is 2.33. The maximum Gasteiger partial charge on any atom is 0.348 e. The molecule has 2 aromatic carbocycles. The van der Waals surface area contributed by atoms with E-state index in [-0.39, 0.29) is 17.3 Å². The molecule has 1 unspecified atom stereocenters. The van der Waals surface area contributed by atoms with Crippen LogP contribution in [0, 0.1) is 5.82 Å². The van der Waals surface area contributed by atoms with Crippen LogP contribution in [0.5, 0.6) is 5.75 Å². The summed E-state index contributed by atoms with van der Waals surface area (Å²) in [5, 5.41) is 3.09. The number of nitrogens with zero attached hydrogens (tertiary/aromatic N) is 1. The predicted molar refractivity (Wildman–Crippen MR) is 109 cm³/mol. The molecule has 0 radical (unpaired) electrons. The normalized spacial score (nSPS) is 15.3. The second-order valence-electron chi connectivity index (χ2n) is 6.56. The molecule has 1 N–H and O–H groups in total. The molecule has 0 spiro atoms. The van der Waals surface area contributed by atoms with Gasteiger partial charge in [-0.3, -0.25) is 9.59 Å². The smallest absolute Gasteiger partial charge is 0.348 e. The first-order valence-corrected chi connectivity index (χ1v) is 9.92. The number of esters is 1. The van der Waals surface area contributed by atoms with Crippen molar-refractivity contribution in [1.82, 2.24) is 5.32 Å². The molecule has 1 aromatic heterocycles. The summed E-state index contributed by atoms with van der Waals surface area (Å²) in [6.45, 7) is -0.508. The molecule has 4 rings (SSSR count). The van der Waals surface area contributed by atoms with Crippen LogP contribution in [0.25, 0.3) is 10.1 Å². The number of halogens is 1. The molecule has 154 valence electrons. The van der Waals surface area contributed by atoms with E-state index in [1.807, 2.05) is 0 Å². The van der Waals surface area contributed by atoms with Crippen LogP contribution in [0.3, 0.4) is 0 Å². The molecular formula is C21H17FN2O5S. The highest BCUT2D eigenvalue weighted by molar-refractivity contribution is 7.20. The van der Waals surface area contributed by atoms with Gasteiger partial charge in [0.2, 0.25) is 0 Å². The van der Waals surface area contributed by atoms with Crippen molar-refractivity contribution in [3.05, 3.63) is 59.2 Å². The van der Waals surface area contributed by atoms with Crippen LogP contribution in [0.2, 0.25) is 0 Å². The molecule has 1 aliphatic heterocycles. The number of thiophene rings is 1. The number of carbonyl (C=O) groups excluding carboxylic acids is 3. The zero-order valence-electron chi connectivity index (χ0n) is 15.9. The van der Waals surface area contributed by atoms with Crippen LogP contribution in [-0.2, 0) is 14.3 Å². The van der Waals surface area contributed by atoms with Crippen molar-refractivity contribution < 1.29 is 28.2 Å². The fourth-order valence-electron chi connectivity index (χ4n) is 3.16. The van der Waals surface area contributed by atoms with E-state index < -0.39 is 30.4 Å². The number of nitrogens with one attached hydrogen (secondary N) is 1. The molecule has 2 amide bonds. The Morgan fingerprint density at radius 3 is 2.83 bits per heavy atom. The summed E-state index contributed by atoms with van der Waals surface area (Å²) < 4.78 is 24.9. The van der Waals surface area contributed by atoms with Gasteiger partial charge in [0, 0.05) is 11.7 Å². The first-order valence-electron chi connectivity index (χ1n) is 9.10. The summed E-state index contributed by atoms with van der Waals surface area (Å²) in [5.74, 6) is -1.53. The lowest BCUT2D eigenvalue weighted by Crippen LogP contribution is -2.51. The monoisotopic (exact) mass is 428 g/mol. The standard InChI is InChI=1S/C21H17FN2O5S/c1-23-20(26)16-10-24(14-4-2-3-5-15(14)29-16)19(25)11-28-21(27)18-9-12-8-13(22)6-7-17(12)30-18/h2-9,16H,10-11H2,1H3,(H,23,26). The number of likely N-dealkylation sites (N-methyl/N-ethyl adjacent to an activating group) is 1. The number of ether oxygens (including phenoxy) is 2. The number of anilines is 1. The van der Waals surface area contributed by atoms with Gasteiger partial charge in [0.25, 0.3) is 11.8 Å². The number of fused-ring (bicyclic) bond motifs is 2. The molecule has 7 nitrogen and oxygen atoms in total. The maximum absolute atomic E-state index is 13.3. The van der Waals surface area contributed by atoms with E-state index in [2.05, 4.69) is 5.32 Å². The second kappa shape index (κ2) is 8.11. The third-order valence-corrected chi connectivity index (χ3v) is 5.72. The molecule has 3 aromatic rings. The summed E-state index contributed by atoms with van der Waals surface area (Å²) in [5.41, 5.74) is 0.496. The minimum atomic E-state index is -0.873. The minimum absolute atomic E-state index is 0.00473. The molecule has 0 bridgehead atoms. The number of carbonyl (C=O) groups is 3. The van der Waals surface area contributed by atoms with Gasteiger partial charge in [-0.2, -0.15) is 0 Å². The first kappa shape index (κ1) is 19.8. The van der Waals surface area contributed by atoms with Crippen LogP contribution in [0.4, 0.5) is 10.1 Å². The van der Waals surface area contributed by atoms with Gasteiger partial charge in [-0.1, -0.05) is 12.1 Å². The zero-order chi connectivity index (χ0) is 21.3. The fourth-order valence-corrected chi connectivity index (χ4v) is 4.10. The molecule has 0 saturated heterocycles. The topological polar surface area (TPSA) is 84.9 Å². The predicted octanol–water partition coefficient (Wildman–Crippen LogP) is 2.74. The Hall–Kier alpha value is -3.46. The lowest BCUT2D eigenvalue weighted by Gasteiger charge is -2.33. The Morgan fingerprint density at radius 1 is 1.23 bits per heavy atom. The van der Waals surface area contributed by atoms with Crippen molar-refractivity contribution in [2.45, 2.75) is 6.10 Å². The van der Waals surface area contributed by atoms with Crippen molar-refractivity contribution in [3.8, 4) is 5.75 Å². The maximum atomic E-state index is 13.3. The Bertz CT molecular complexity index is 1150. The fraction of sp³-hybridized carbons (Fsp3) is 0.190. The Labute approximate surface area is 175 Å².